The molecule has 1 heterocycles. The highest BCUT2D eigenvalue weighted by Crippen LogP contribution is 1.91. The molecule has 0 saturated heterocycles. The fraction of sp³-hybridized carbons (Fsp3) is 0.556. The summed E-state index contributed by atoms with van der Waals surface area (Å²) in [5.74, 6) is 0. The zero-order chi connectivity index (χ0) is 9.52. The van der Waals surface area contributed by atoms with E-state index in [1.54, 1.807) is 12.4 Å². The second kappa shape index (κ2) is 5.61. The Balaban J connectivity index is 2.13. The van der Waals surface area contributed by atoms with E-state index in [2.05, 4.69) is 34.5 Å². The third-order valence-electron chi connectivity index (χ3n) is 1.71. The average molecular weight is 180 g/mol. The third kappa shape index (κ3) is 4.55. The van der Waals surface area contributed by atoms with Crippen molar-refractivity contribution in [1.29, 1.82) is 0 Å². The number of nitrogens with zero attached hydrogens (tertiary/aromatic N) is 3. The Morgan fingerprint density at radius 2 is 2.23 bits per heavy atom. The summed E-state index contributed by atoms with van der Waals surface area (Å²) in [5, 5.41) is 10.8. The zero-order valence-corrected chi connectivity index (χ0v) is 8.20. The van der Waals surface area contributed by atoms with Gasteiger partial charge in [0.05, 0.1) is 6.20 Å². The minimum Gasteiger partial charge on any atom is -0.311 e. The van der Waals surface area contributed by atoms with Crippen LogP contribution in [0.1, 0.15) is 5.56 Å². The summed E-state index contributed by atoms with van der Waals surface area (Å²) < 4.78 is 0. The molecular formula is C9H16N4. The molecule has 13 heavy (non-hydrogen) atoms. The van der Waals surface area contributed by atoms with Crippen LogP contribution in [0, 0.1) is 0 Å². The van der Waals surface area contributed by atoms with E-state index < -0.39 is 0 Å². The summed E-state index contributed by atoms with van der Waals surface area (Å²) in [7, 11) is 4.13. The van der Waals surface area contributed by atoms with Crippen LogP contribution in [0.5, 0.6) is 0 Å². The Hall–Kier alpha value is -1.00. The molecule has 0 saturated carbocycles. The van der Waals surface area contributed by atoms with Crippen LogP contribution in [0.2, 0.25) is 0 Å². The lowest BCUT2D eigenvalue weighted by Crippen LogP contribution is -2.26. The number of hydrogen-bond donors (Lipinski definition) is 1. The molecule has 0 aliphatic heterocycles. The van der Waals surface area contributed by atoms with E-state index in [9.17, 15) is 0 Å². The van der Waals surface area contributed by atoms with E-state index in [-0.39, 0.29) is 0 Å². The van der Waals surface area contributed by atoms with E-state index >= 15 is 0 Å². The molecule has 0 unspecified atom stereocenters. The van der Waals surface area contributed by atoms with Gasteiger partial charge in [-0.25, -0.2) is 0 Å². The van der Waals surface area contributed by atoms with Crippen molar-refractivity contribution >= 4 is 0 Å². The molecule has 0 aromatic carbocycles. The van der Waals surface area contributed by atoms with Gasteiger partial charge >= 0.3 is 0 Å². The molecule has 0 aliphatic rings. The predicted octanol–water partition coefficient (Wildman–Crippen LogP) is 0.128. The molecule has 4 nitrogen and oxygen atoms in total. The second-order valence-electron chi connectivity index (χ2n) is 3.23. The van der Waals surface area contributed by atoms with Crippen molar-refractivity contribution in [2.24, 2.45) is 0 Å². The minimum atomic E-state index is 0.864. The molecular weight excluding hydrogens is 164 g/mol. The van der Waals surface area contributed by atoms with Crippen LogP contribution in [-0.2, 0) is 6.54 Å². The van der Waals surface area contributed by atoms with Crippen LogP contribution in [-0.4, -0.2) is 42.3 Å². The highest BCUT2D eigenvalue weighted by Gasteiger charge is 1.92. The molecule has 1 N–H and O–H groups in total. The van der Waals surface area contributed by atoms with Crippen LogP contribution in [0.25, 0.3) is 0 Å². The van der Waals surface area contributed by atoms with Crippen molar-refractivity contribution in [3.63, 3.8) is 0 Å². The van der Waals surface area contributed by atoms with Crippen LogP contribution < -0.4 is 5.32 Å². The molecule has 0 fully saturated rings. The van der Waals surface area contributed by atoms with Gasteiger partial charge in [0.15, 0.2) is 0 Å². The monoisotopic (exact) mass is 180 g/mol. The van der Waals surface area contributed by atoms with Gasteiger partial charge in [-0.15, -0.1) is 0 Å². The number of hydrogen-bond acceptors (Lipinski definition) is 4. The normalized spacial score (nSPS) is 10.7. The first-order valence-corrected chi connectivity index (χ1v) is 4.40. The first kappa shape index (κ1) is 10.1. The number of nitrogens with one attached hydrogen (secondary N) is 1. The summed E-state index contributed by atoms with van der Waals surface area (Å²) in [6.07, 6.45) is 3.49. The fourth-order valence-corrected chi connectivity index (χ4v) is 0.958. The first-order valence-electron chi connectivity index (χ1n) is 4.40. The van der Waals surface area contributed by atoms with Crippen molar-refractivity contribution in [2.45, 2.75) is 6.54 Å². The SMILES string of the molecule is CN(C)CCNCc1ccnnc1. The molecule has 4 heteroatoms. The van der Waals surface area contributed by atoms with E-state index in [0.29, 0.717) is 0 Å². The van der Waals surface area contributed by atoms with Crippen LogP contribution in [0.4, 0.5) is 0 Å². The van der Waals surface area contributed by atoms with E-state index in [0.717, 1.165) is 19.6 Å². The van der Waals surface area contributed by atoms with Crippen LogP contribution in [0.15, 0.2) is 18.5 Å². The van der Waals surface area contributed by atoms with Gasteiger partial charge in [-0.2, -0.15) is 10.2 Å². The topological polar surface area (TPSA) is 41.0 Å². The minimum absolute atomic E-state index is 0.864. The Morgan fingerprint density at radius 3 is 2.85 bits per heavy atom. The van der Waals surface area contributed by atoms with E-state index in [4.69, 9.17) is 0 Å². The highest BCUT2D eigenvalue weighted by atomic mass is 15.1. The van der Waals surface area contributed by atoms with E-state index in [1.807, 2.05) is 6.07 Å². The molecule has 0 atom stereocenters. The van der Waals surface area contributed by atoms with Crippen molar-refractivity contribution < 1.29 is 0 Å². The summed E-state index contributed by atoms with van der Waals surface area (Å²) in [6.45, 7) is 2.91. The van der Waals surface area contributed by atoms with E-state index in [1.165, 1.54) is 5.56 Å². The lowest BCUT2D eigenvalue weighted by atomic mass is 10.3. The first-order chi connectivity index (χ1) is 6.29. The average Bonchev–Trinajstić information content (AvgIpc) is 2.14. The third-order valence-corrected chi connectivity index (χ3v) is 1.71. The maximum absolute atomic E-state index is 3.80. The number of rotatable bonds is 5. The molecule has 1 rings (SSSR count). The molecule has 0 bridgehead atoms. The Bertz CT molecular complexity index is 222. The molecule has 0 amide bonds. The van der Waals surface area contributed by atoms with Gasteiger partial charge in [0.2, 0.25) is 0 Å². The standard InChI is InChI=1S/C9H16N4/c1-13(2)6-5-10-7-9-3-4-11-12-8-9/h3-4,8,10H,5-7H2,1-2H3. The van der Waals surface area contributed by atoms with Gasteiger partial charge in [0.1, 0.15) is 0 Å². The van der Waals surface area contributed by atoms with Crippen LogP contribution in [0.3, 0.4) is 0 Å². The second-order valence-corrected chi connectivity index (χ2v) is 3.23. The lowest BCUT2D eigenvalue weighted by Gasteiger charge is -2.09. The Labute approximate surface area is 79.0 Å². The van der Waals surface area contributed by atoms with Gasteiger partial charge < -0.3 is 10.2 Å². The zero-order valence-electron chi connectivity index (χ0n) is 8.20. The Kier molecular flexibility index (Phi) is 4.35. The maximum Gasteiger partial charge on any atom is 0.0541 e. The quantitative estimate of drug-likeness (QED) is 0.654. The van der Waals surface area contributed by atoms with Crippen LogP contribution >= 0.6 is 0 Å². The molecule has 72 valence electrons. The van der Waals surface area contributed by atoms with Gasteiger partial charge in [0.25, 0.3) is 0 Å². The van der Waals surface area contributed by atoms with Crippen molar-refractivity contribution in [3.8, 4) is 0 Å². The molecule has 1 aromatic rings. The van der Waals surface area contributed by atoms with Gasteiger partial charge in [-0.1, -0.05) is 0 Å². The molecule has 0 radical (unpaired) electrons. The summed E-state index contributed by atoms with van der Waals surface area (Å²) >= 11 is 0. The van der Waals surface area contributed by atoms with Gasteiger partial charge in [-0.05, 0) is 25.7 Å². The largest absolute Gasteiger partial charge is 0.311 e. The lowest BCUT2D eigenvalue weighted by molar-refractivity contribution is 0.400. The number of likely N-dealkylation sites (N-methyl/N-ethyl adjacent to an activating group) is 1. The maximum atomic E-state index is 3.80. The molecule has 0 aliphatic carbocycles. The smallest absolute Gasteiger partial charge is 0.0541 e. The summed E-state index contributed by atoms with van der Waals surface area (Å²) in [4.78, 5) is 2.15. The van der Waals surface area contributed by atoms with Gasteiger partial charge in [0, 0.05) is 25.8 Å². The van der Waals surface area contributed by atoms with Gasteiger partial charge in [-0.3, -0.25) is 0 Å². The number of aromatic nitrogens is 2. The molecule has 1 aromatic heterocycles. The Morgan fingerprint density at radius 1 is 1.38 bits per heavy atom. The fourth-order valence-electron chi connectivity index (χ4n) is 0.958. The van der Waals surface area contributed by atoms with Crippen molar-refractivity contribution in [3.05, 3.63) is 24.0 Å². The van der Waals surface area contributed by atoms with Crippen molar-refractivity contribution in [1.82, 2.24) is 20.4 Å². The van der Waals surface area contributed by atoms with Crippen molar-refractivity contribution in [2.75, 3.05) is 27.2 Å². The summed E-state index contributed by atoms with van der Waals surface area (Å²) in [6, 6.07) is 1.97. The molecule has 0 spiro atoms. The summed E-state index contributed by atoms with van der Waals surface area (Å²) in [5.41, 5.74) is 1.17. The highest BCUT2D eigenvalue weighted by molar-refractivity contribution is 5.04. The predicted molar refractivity (Wildman–Crippen MR) is 52.3 cm³/mol.